The quantitative estimate of drug-likeness (QED) is 0.823. The molecular weight excluding hydrogens is 313 g/mol. The van der Waals surface area contributed by atoms with Crippen molar-refractivity contribution >= 4 is 24.0 Å². The molecule has 4 nitrogen and oxygen atoms in total. The van der Waals surface area contributed by atoms with Crippen LogP contribution in [0, 0.1) is 16.5 Å². The van der Waals surface area contributed by atoms with Crippen molar-refractivity contribution < 1.29 is 22.3 Å². The van der Waals surface area contributed by atoms with Gasteiger partial charge >= 0.3 is 0 Å². The SMILES string of the molecule is Fc1ccc(OC(F)CSCc2n[nH]c(=S)o2)c(F)c1. The number of nitrogens with zero attached hydrogens (tertiary/aromatic N) is 1. The average Bonchev–Trinajstić information content (AvgIpc) is 2.79. The molecule has 1 N–H and O–H groups in total. The van der Waals surface area contributed by atoms with E-state index in [1.807, 2.05) is 0 Å². The number of hydrogen-bond donors (Lipinski definition) is 1. The molecule has 108 valence electrons. The maximum atomic E-state index is 13.5. The van der Waals surface area contributed by atoms with E-state index in [0.29, 0.717) is 17.7 Å². The number of ether oxygens (including phenoxy) is 1. The molecule has 0 aliphatic rings. The number of halogens is 3. The second kappa shape index (κ2) is 6.80. The number of aromatic nitrogens is 2. The van der Waals surface area contributed by atoms with Gasteiger partial charge in [-0.05, 0) is 24.4 Å². The molecule has 2 rings (SSSR count). The first-order valence-corrected chi connectivity index (χ1v) is 6.99. The highest BCUT2D eigenvalue weighted by Crippen LogP contribution is 2.21. The minimum absolute atomic E-state index is 0.0635. The van der Waals surface area contributed by atoms with Gasteiger partial charge in [0.05, 0.1) is 11.5 Å². The number of rotatable bonds is 6. The zero-order valence-electron chi connectivity index (χ0n) is 9.94. The van der Waals surface area contributed by atoms with Gasteiger partial charge in [-0.1, -0.05) is 0 Å². The van der Waals surface area contributed by atoms with E-state index in [0.717, 1.165) is 23.9 Å². The molecule has 9 heteroatoms. The summed E-state index contributed by atoms with van der Waals surface area (Å²) in [6, 6.07) is 2.66. The second-order valence-corrected chi connectivity index (χ2v) is 5.03. The van der Waals surface area contributed by atoms with Gasteiger partial charge in [-0.3, -0.25) is 0 Å². The van der Waals surface area contributed by atoms with Crippen LogP contribution in [0.25, 0.3) is 0 Å². The van der Waals surface area contributed by atoms with E-state index >= 15 is 0 Å². The van der Waals surface area contributed by atoms with Crippen LogP contribution in [0.2, 0.25) is 0 Å². The van der Waals surface area contributed by atoms with Crippen LogP contribution >= 0.6 is 24.0 Å². The summed E-state index contributed by atoms with van der Waals surface area (Å²) in [4.78, 5) is 0.141. The Morgan fingerprint density at radius 1 is 1.45 bits per heavy atom. The molecule has 1 atom stereocenters. The summed E-state index contributed by atoms with van der Waals surface area (Å²) in [7, 11) is 0. The molecule has 0 saturated carbocycles. The molecule has 0 aliphatic carbocycles. The molecule has 0 fully saturated rings. The van der Waals surface area contributed by atoms with Crippen molar-refractivity contribution in [3.63, 3.8) is 0 Å². The van der Waals surface area contributed by atoms with Crippen molar-refractivity contribution in [3.05, 3.63) is 40.6 Å². The Morgan fingerprint density at radius 3 is 2.90 bits per heavy atom. The standard InChI is InChI=1S/C11H9F3N2O2S2/c12-6-1-2-8(7(13)3-6)17-9(14)4-20-5-10-15-16-11(19)18-10/h1-3,9H,4-5H2,(H,16,19). The van der Waals surface area contributed by atoms with Crippen molar-refractivity contribution in [1.29, 1.82) is 0 Å². The fourth-order valence-electron chi connectivity index (χ4n) is 1.30. The normalized spacial score (nSPS) is 12.3. The number of alkyl halides is 1. The predicted octanol–water partition coefficient (Wildman–Crippen LogP) is 3.62. The minimum atomic E-state index is -1.73. The van der Waals surface area contributed by atoms with Gasteiger partial charge in [0.15, 0.2) is 11.6 Å². The molecule has 0 saturated heterocycles. The summed E-state index contributed by atoms with van der Waals surface area (Å²) in [5.74, 6) is -1.47. The Bertz CT molecular complexity index is 632. The summed E-state index contributed by atoms with van der Waals surface area (Å²) >= 11 is 5.82. The Morgan fingerprint density at radius 2 is 2.25 bits per heavy atom. The zero-order valence-corrected chi connectivity index (χ0v) is 11.6. The molecule has 1 heterocycles. The fraction of sp³-hybridized carbons (Fsp3) is 0.273. The summed E-state index contributed by atoms with van der Waals surface area (Å²) in [6.07, 6.45) is -1.73. The average molecular weight is 322 g/mol. The number of nitrogens with one attached hydrogen (secondary N) is 1. The molecule has 0 radical (unpaired) electrons. The zero-order chi connectivity index (χ0) is 14.5. The number of benzene rings is 1. The van der Waals surface area contributed by atoms with E-state index in [1.54, 1.807) is 0 Å². The first kappa shape index (κ1) is 14.9. The third-order valence-corrected chi connectivity index (χ3v) is 3.23. The van der Waals surface area contributed by atoms with Crippen LogP contribution in [0.3, 0.4) is 0 Å². The topological polar surface area (TPSA) is 51.0 Å². The van der Waals surface area contributed by atoms with Gasteiger partial charge in [-0.2, -0.15) is 0 Å². The van der Waals surface area contributed by atoms with Crippen molar-refractivity contribution in [2.45, 2.75) is 12.1 Å². The maximum Gasteiger partial charge on any atom is 0.284 e. The van der Waals surface area contributed by atoms with Gasteiger partial charge in [0.25, 0.3) is 4.84 Å². The number of hydrogen-bond acceptors (Lipinski definition) is 5. The molecule has 1 aromatic heterocycles. The molecule has 1 unspecified atom stereocenters. The van der Waals surface area contributed by atoms with E-state index in [1.165, 1.54) is 0 Å². The Hall–Kier alpha value is -1.48. The smallest absolute Gasteiger partial charge is 0.284 e. The Kier molecular flexibility index (Phi) is 5.07. The lowest BCUT2D eigenvalue weighted by atomic mass is 10.3. The van der Waals surface area contributed by atoms with Crippen molar-refractivity contribution in [1.82, 2.24) is 10.2 Å². The first-order valence-electron chi connectivity index (χ1n) is 5.42. The Balaban J connectivity index is 1.80. The molecule has 1 aromatic carbocycles. The van der Waals surface area contributed by atoms with Crippen LogP contribution in [0.5, 0.6) is 5.75 Å². The fourth-order valence-corrected chi connectivity index (χ4v) is 2.11. The highest BCUT2D eigenvalue weighted by atomic mass is 32.2. The highest BCUT2D eigenvalue weighted by molar-refractivity contribution is 7.98. The highest BCUT2D eigenvalue weighted by Gasteiger charge is 2.13. The number of aromatic amines is 1. The largest absolute Gasteiger partial charge is 0.456 e. The molecule has 20 heavy (non-hydrogen) atoms. The van der Waals surface area contributed by atoms with Crippen molar-refractivity contribution in [3.8, 4) is 5.75 Å². The molecule has 2 aromatic rings. The van der Waals surface area contributed by atoms with Gasteiger partial charge in [-0.25, -0.2) is 18.3 Å². The first-order chi connectivity index (χ1) is 9.54. The van der Waals surface area contributed by atoms with Gasteiger partial charge in [-0.15, -0.1) is 16.9 Å². The minimum Gasteiger partial charge on any atom is -0.456 e. The lowest BCUT2D eigenvalue weighted by molar-refractivity contribution is 0.0857. The molecule has 0 bridgehead atoms. The summed E-state index contributed by atoms with van der Waals surface area (Å²) in [5.41, 5.74) is 0. The number of H-pyrrole nitrogens is 1. The molecule has 0 spiro atoms. The third-order valence-electron chi connectivity index (χ3n) is 2.11. The lowest BCUT2D eigenvalue weighted by Crippen LogP contribution is -2.14. The van der Waals surface area contributed by atoms with Crippen LogP contribution in [0.1, 0.15) is 5.89 Å². The van der Waals surface area contributed by atoms with Gasteiger partial charge in [0.2, 0.25) is 12.2 Å². The van der Waals surface area contributed by atoms with E-state index < -0.39 is 18.0 Å². The van der Waals surface area contributed by atoms with Crippen LogP contribution in [0.15, 0.2) is 22.6 Å². The van der Waals surface area contributed by atoms with E-state index in [2.05, 4.69) is 22.4 Å². The lowest BCUT2D eigenvalue weighted by Gasteiger charge is -2.11. The maximum absolute atomic E-state index is 13.5. The van der Waals surface area contributed by atoms with Gasteiger partial charge < -0.3 is 9.15 Å². The number of thioether (sulfide) groups is 1. The van der Waals surface area contributed by atoms with Gasteiger partial charge in [0, 0.05) is 6.07 Å². The second-order valence-electron chi connectivity index (χ2n) is 3.62. The van der Waals surface area contributed by atoms with Crippen LogP contribution in [0.4, 0.5) is 13.2 Å². The summed E-state index contributed by atoms with van der Waals surface area (Å²) in [6.45, 7) is 0. The van der Waals surface area contributed by atoms with E-state index in [4.69, 9.17) is 9.15 Å². The molecule has 0 aliphatic heterocycles. The Labute approximate surface area is 121 Å². The summed E-state index contributed by atoms with van der Waals surface area (Å²) in [5, 5.41) is 6.17. The predicted molar refractivity (Wildman–Crippen MR) is 69.7 cm³/mol. The van der Waals surface area contributed by atoms with Crippen molar-refractivity contribution in [2.24, 2.45) is 0 Å². The summed E-state index contributed by atoms with van der Waals surface area (Å²) < 4.78 is 49.1. The van der Waals surface area contributed by atoms with Crippen LogP contribution in [-0.4, -0.2) is 22.3 Å². The van der Waals surface area contributed by atoms with Gasteiger partial charge in [0.1, 0.15) is 5.82 Å². The van der Waals surface area contributed by atoms with Crippen LogP contribution in [-0.2, 0) is 5.75 Å². The van der Waals surface area contributed by atoms with Crippen LogP contribution < -0.4 is 4.74 Å². The van der Waals surface area contributed by atoms with E-state index in [9.17, 15) is 13.2 Å². The molecule has 0 amide bonds. The molecular formula is C11H9F3N2O2S2. The van der Waals surface area contributed by atoms with Crippen molar-refractivity contribution in [2.75, 3.05) is 5.75 Å². The monoisotopic (exact) mass is 322 g/mol. The third kappa shape index (κ3) is 4.27. The van der Waals surface area contributed by atoms with E-state index in [-0.39, 0.29) is 16.3 Å².